The highest BCUT2D eigenvalue weighted by atomic mass is 15.1. The standard InChI is InChI=1S/C10H18N/c1-2-3-5-8-11-9-6-4-7-10-11/h2-3H,1,4-10H2. The molecular weight excluding hydrogens is 134 g/mol. The first-order valence-corrected chi connectivity index (χ1v) is 4.60. The maximum absolute atomic E-state index is 3.67. The SMILES string of the molecule is [CH2]C=CCCN1CCCCC1. The maximum Gasteiger partial charge on any atom is 0.00159 e. The monoisotopic (exact) mass is 152 g/mol. The number of rotatable bonds is 3. The van der Waals surface area contributed by atoms with Gasteiger partial charge in [-0.25, -0.2) is 0 Å². The first-order valence-electron chi connectivity index (χ1n) is 4.60. The van der Waals surface area contributed by atoms with Crippen molar-refractivity contribution in [2.45, 2.75) is 25.7 Å². The molecule has 1 aliphatic rings. The van der Waals surface area contributed by atoms with Crippen molar-refractivity contribution in [2.75, 3.05) is 19.6 Å². The van der Waals surface area contributed by atoms with Crippen LogP contribution >= 0.6 is 0 Å². The zero-order valence-electron chi connectivity index (χ0n) is 7.26. The van der Waals surface area contributed by atoms with Crippen LogP contribution in [0.25, 0.3) is 0 Å². The van der Waals surface area contributed by atoms with Crippen LogP contribution in [0, 0.1) is 6.92 Å². The molecule has 1 fully saturated rings. The molecule has 0 N–H and O–H groups in total. The second-order valence-corrected chi connectivity index (χ2v) is 3.16. The molecule has 1 heteroatoms. The van der Waals surface area contributed by atoms with Crippen LogP contribution in [0.5, 0.6) is 0 Å². The van der Waals surface area contributed by atoms with Crippen LogP contribution < -0.4 is 0 Å². The summed E-state index contributed by atoms with van der Waals surface area (Å²) in [5.41, 5.74) is 0. The molecule has 0 spiro atoms. The second kappa shape index (κ2) is 5.36. The molecule has 0 bridgehead atoms. The molecule has 11 heavy (non-hydrogen) atoms. The lowest BCUT2D eigenvalue weighted by Crippen LogP contribution is -2.30. The van der Waals surface area contributed by atoms with E-state index in [1.165, 1.54) is 45.3 Å². The average Bonchev–Trinajstić information content (AvgIpc) is 2.07. The van der Waals surface area contributed by atoms with Crippen LogP contribution in [0.4, 0.5) is 0 Å². The fourth-order valence-corrected chi connectivity index (χ4v) is 1.56. The van der Waals surface area contributed by atoms with E-state index in [2.05, 4.69) is 17.9 Å². The van der Waals surface area contributed by atoms with Gasteiger partial charge in [0.2, 0.25) is 0 Å². The van der Waals surface area contributed by atoms with Crippen LogP contribution in [0.15, 0.2) is 12.2 Å². The van der Waals surface area contributed by atoms with Gasteiger partial charge in [-0.05, 0) is 39.3 Å². The lowest BCUT2D eigenvalue weighted by atomic mass is 10.1. The molecule has 0 aromatic heterocycles. The van der Waals surface area contributed by atoms with E-state index in [0.29, 0.717) is 0 Å². The van der Waals surface area contributed by atoms with Gasteiger partial charge >= 0.3 is 0 Å². The van der Waals surface area contributed by atoms with Crippen molar-refractivity contribution in [1.82, 2.24) is 4.90 Å². The summed E-state index contributed by atoms with van der Waals surface area (Å²) in [6, 6.07) is 0. The third kappa shape index (κ3) is 3.57. The Morgan fingerprint density at radius 2 is 1.91 bits per heavy atom. The van der Waals surface area contributed by atoms with Gasteiger partial charge in [-0.1, -0.05) is 18.6 Å². The fourth-order valence-electron chi connectivity index (χ4n) is 1.56. The van der Waals surface area contributed by atoms with E-state index in [0.717, 1.165) is 0 Å². The highest BCUT2D eigenvalue weighted by Gasteiger charge is 2.07. The lowest BCUT2D eigenvalue weighted by Gasteiger charge is -2.25. The van der Waals surface area contributed by atoms with Crippen molar-refractivity contribution in [3.63, 3.8) is 0 Å². The molecule has 0 aromatic carbocycles. The Morgan fingerprint density at radius 3 is 2.55 bits per heavy atom. The Bertz CT molecular complexity index is 112. The zero-order chi connectivity index (χ0) is 7.94. The third-order valence-corrected chi connectivity index (χ3v) is 2.23. The van der Waals surface area contributed by atoms with Gasteiger partial charge in [-0.3, -0.25) is 0 Å². The molecule has 0 aromatic rings. The molecular formula is C10H18N. The molecule has 1 heterocycles. The van der Waals surface area contributed by atoms with E-state index in [1.54, 1.807) is 0 Å². The molecule has 63 valence electrons. The van der Waals surface area contributed by atoms with E-state index in [1.807, 2.05) is 6.08 Å². The van der Waals surface area contributed by atoms with Crippen LogP contribution in [0.3, 0.4) is 0 Å². The van der Waals surface area contributed by atoms with Gasteiger partial charge in [-0.2, -0.15) is 0 Å². The number of nitrogens with zero attached hydrogens (tertiary/aromatic N) is 1. The van der Waals surface area contributed by atoms with Gasteiger partial charge in [0.1, 0.15) is 0 Å². The minimum Gasteiger partial charge on any atom is -0.303 e. The molecule has 0 saturated carbocycles. The molecule has 1 saturated heterocycles. The minimum atomic E-state index is 1.17. The molecule has 0 amide bonds. The largest absolute Gasteiger partial charge is 0.303 e. The molecule has 0 unspecified atom stereocenters. The van der Waals surface area contributed by atoms with Crippen LogP contribution in [-0.2, 0) is 0 Å². The first-order chi connectivity index (χ1) is 5.43. The highest BCUT2D eigenvalue weighted by Crippen LogP contribution is 2.08. The molecule has 1 nitrogen and oxygen atoms in total. The van der Waals surface area contributed by atoms with Crippen molar-refractivity contribution >= 4 is 0 Å². The molecule has 0 atom stereocenters. The molecule has 1 rings (SSSR count). The Labute approximate surface area is 70.1 Å². The molecule has 1 aliphatic heterocycles. The van der Waals surface area contributed by atoms with Gasteiger partial charge in [-0.15, -0.1) is 0 Å². The quantitative estimate of drug-likeness (QED) is 0.599. The summed E-state index contributed by atoms with van der Waals surface area (Å²) in [6.45, 7) is 7.52. The Morgan fingerprint density at radius 1 is 1.18 bits per heavy atom. The number of piperidine rings is 1. The second-order valence-electron chi connectivity index (χ2n) is 3.16. The highest BCUT2D eigenvalue weighted by molar-refractivity contribution is 4.84. The summed E-state index contributed by atoms with van der Waals surface area (Å²) in [4.78, 5) is 2.55. The summed E-state index contributed by atoms with van der Waals surface area (Å²) in [7, 11) is 0. The predicted molar refractivity (Wildman–Crippen MR) is 49.4 cm³/mol. The lowest BCUT2D eigenvalue weighted by molar-refractivity contribution is 0.233. The Balaban J connectivity index is 2.04. The van der Waals surface area contributed by atoms with Gasteiger partial charge in [0.25, 0.3) is 0 Å². The van der Waals surface area contributed by atoms with Gasteiger partial charge in [0.05, 0.1) is 0 Å². The summed E-state index contributed by atoms with van der Waals surface area (Å²) in [5, 5.41) is 0. The fraction of sp³-hybridized carbons (Fsp3) is 0.700. The van der Waals surface area contributed by atoms with Crippen LogP contribution in [0.1, 0.15) is 25.7 Å². The van der Waals surface area contributed by atoms with Crippen molar-refractivity contribution in [1.29, 1.82) is 0 Å². The van der Waals surface area contributed by atoms with Crippen LogP contribution in [0.2, 0.25) is 0 Å². The smallest absolute Gasteiger partial charge is 0.00159 e. The molecule has 1 radical (unpaired) electrons. The average molecular weight is 152 g/mol. The number of allylic oxidation sites excluding steroid dienone is 1. The summed E-state index contributed by atoms with van der Waals surface area (Å²) >= 11 is 0. The van der Waals surface area contributed by atoms with Crippen molar-refractivity contribution < 1.29 is 0 Å². The van der Waals surface area contributed by atoms with Crippen molar-refractivity contribution in [2.24, 2.45) is 0 Å². The van der Waals surface area contributed by atoms with E-state index in [-0.39, 0.29) is 0 Å². The zero-order valence-corrected chi connectivity index (χ0v) is 7.26. The number of hydrogen-bond donors (Lipinski definition) is 0. The number of hydrogen-bond acceptors (Lipinski definition) is 1. The van der Waals surface area contributed by atoms with E-state index in [4.69, 9.17) is 0 Å². The van der Waals surface area contributed by atoms with Gasteiger partial charge in [0.15, 0.2) is 0 Å². The van der Waals surface area contributed by atoms with E-state index < -0.39 is 0 Å². The van der Waals surface area contributed by atoms with E-state index in [9.17, 15) is 0 Å². The Kier molecular flexibility index (Phi) is 4.29. The topological polar surface area (TPSA) is 3.24 Å². The third-order valence-electron chi connectivity index (χ3n) is 2.23. The van der Waals surface area contributed by atoms with E-state index >= 15 is 0 Å². The summed E-state index contributed by atoms with van der Waals surface area (Å²) in [6.07, 6.45) is 9.44. The molecule has 0 aliphatic carbocycles. The summed E-state index contributed by atoms with van der Waals surface area (Å²) < 4.78 is 0. The Hall–Kier alpha value is -0.300. The van der Waals surface area contributed by atoms with Crippen molar-refractivity contribution in [3.8, 4) is 0 Å². The maximum atomic E-state index is 3.67. The van der Waals surface area contributed by atoms with Crippen molar-refractivity contribution in [3.05, 3.63) is 19.1 Å². The normalized spacial score (nSPS) is 21.2. The number of likely N-dealkylation sites (tertiary alicyclic amines) is 1. The van der Waals surface area contributed by atoms with Gasteiger partial charge in [0, 0.05) is 6.54 Å². The minimum absolute atomic E-state index is 1.17. The summed E-state index contributed by atoms with van der Waals surface area (Å²) in [5.74, 6) is 0. The van der Waals surface area contributed by atoms with Crippen LogP contribution in [-0.4, -0.2) is 24.5 Å². The predicted octanol–water partition coefficient (Wildman–Crippen LogP) is 2.25. The van der Waals surface area contributed by atoms with Gasteiger partial charge < -0.3 is 4.90 Å². The first kappa shape index (κ1) is 8.79.